The van der Waals surface area contributed by atoms with Crippen molar-refractivity contribution >= 4 is 18.8 Å². The summed E-state index contributed by atoms with van der Waals surface area (Å²) in [6.07, 6.45) is 3.40. The Balaban J connectivity index is 0.000000336. The topological polar surface area (TPSA) is 79.7 Å². The molecule has 0 atom stereocenters. The van der Waals surface area contributed by atoms with Crippen molar-refractivity contribution in [2.24, 2.45) is 0 Å². The molecule has 0 bridgehead atoms. The molecule has 0 aliphatic rings. The summed E-state index contributed by atoms with van der Waals surface area (Å²) in [7, 11) is -6.00. The maximum atomic E-state index is 9.75. The van der Waals surface area contributed by atoms with Crippen LogP contribution < -0.4 is 16.0 Å². The molecule has 1 rings (SSSR count). The van der Waals surface area contributed by atoms with Crippen LogP contribution in [0.25, 0.3) is 0 Å². The van der Waals surface area contributed by atoms with Crippen molar-refractivity contribution in [2.75, 3.05) is 11.5 Å². The van der Waals surface area contributed by atoms with Gasteiger partial charge in [-0.25, -0.2) is 0 Å². The monoisotopic (exact) mass is 222 g/mol. The van der Waals surface area contributed by atoms with Gasteiger partial charge in [0.2, 0.25) is 0 Å². The first-order chi connectivity index (χ1) is 6.75. The second-order valence-electron chi connectivity index (χ2n) is 2.31. The summed E-state index contributed by atoms with van der Waals surface area (Å²) in [5, 5.41) is 8.42. The number of rotatable bonds is 0. The second kappa shape index (κ2) is 5.04. The lowest BCUT2D eigenvalue weighted by Gasteiger charge is -1.94. The lowest BCUT2D eigenvalue weighted by atomic mass is 10.3. The summed E-state index contributed by atoms with van der Waals surface area (Å²) >= 11 is 0. The molecule has 0 radical (unpaired) electrons. The van der Waals surface area contributed by atoms with Gasteiger partial charge in [0.15, 0.2) is 0 Å². The Morgan fingerprint density at radius 3 is 2.07 bits per heavy atom. The molecule has 0 aliphatic heterocycles. The first kappa shape index (κ1) is 13.0. The van der Waals surface area contributed by atoms with Crippen LogP contribution in [0.3, 0.4) is 0 Å². The maximum Gasteiger partial charge on any atom is 0.673 e. The lowest BCUT2D eigenvalue weighted by molar-refractivity contribution is -0.570. The van der Waals surface area contributed by atoms with Gasteiger partial charge in [-0.1, -0.05) is 0 Å². The minimum atomic E-state index is -6.00. The van der Waals surface area contributed by atoms with Gasteiger partial charge in [0.05, 0.1) is 6.20 Å². The Hall–Kier alpha value is -1.98. The Bertz CT molecular complexity index is 366. The van der Waals surface area contributed by atoms with Crippen LogP contribution in [-0.4, -0.2) is 7.25 Å². The fraction of sp³-hybridized carbons (Fsp3) is 0. The predicted octanol–water partition coefficient (Wildman–Crippen LogP) is 0.768. The van der Waals surface area contributed by atoms with Gasteiger partial charge in [-0.15, -0.1) is 4.57 Å². The van der Waals surface area contributed by atoms with E-state index in [9.17, 15) is 17.3 Å². The summed E-state index contributed by atoms with van der Waals surface area (Å²) in [5.74, 6) is 0.282. The minimum Gasteiger partial charge on any atom is -0.418 e. The quantitative estimate of drug-likeness (QED) is 0.386. The minimum absolute atomic E-state index is 0.282. The van der Waals surface area contributed by atoms with Crippen LogP contribution >= 0.6 is 0 Å². The van der Waals surface area contributed by atoms with Gasteiger partial charge in [0.1, 0.15) is 5.69 Å². The van der Waals surface area contributed by atoms with Gasteiger partial charge in [0, 0.05) is 5.26 Å². The third-order valence-electron chi connectivity index (χ3n) is 1.17. The molecule has 0 fully saturated rings. The van der Waals surface area contributed by atoms with E-state index >= 15 is 0 Å². The van der Waals surface area contributed by atoms with Gasteiger partial charge in [-0.3, -0.25) is 0 Å². The molecule has 1 aromatic heterocycles. The smallest absolute Gasteiger partial charge is 0.418 e. The summed E-state index contributed by atoms with van der Waals surface area (Å²) in [6, 6.07) is 3.30. The SMILES string of the molecule is F[B-](F)(F)F.N#C[n+]1cccc(N)c1N. The zero-order valence-electron chi connectivity index (χ0n) is 7.37. The number of pyridine rings is 1. The number of nitrogens with two attached hydrogens (primary N) is 2. The van der Waals surface area contributed by atoms with Crippen molar-refractivity contribution in [2.45, 2.75) is 0 Å². The van der Waals surface area contributed by atoms with E-state index in [1.165, 1.54) is 4.57 Å². The molecular formula is C6H7BF4N4. The number of nitrogen functional groups attached to an aromatic ring is 2. The summed E-state index contributed by atoms with van der Waals surface area (Å²) in [6.45, 7) is 0. The van der Waals surface area contributed by atoms with Gasteiger partial charge < -0.3 is 28.7 Å². The molecule has 4 N–H and O–H groups in total. The number of nitrogens with zero attached hydrogens (tertiary/aromatic N) is 2. The molecule has 0 spiro atoms. The number of anilines is 2. The molecule has 0 amide bonds. The van der Waals surface area contributed by atoms with Crippen LogP contribution in [0.4, 0.5) is 28.8 Å². The Labute approximate surface area is 82.8 Å². The maximum absolute atomic E-state index is 9.75. The molecule has 1 heterocycles. The molecule has 9 heteroatoms. The molecule has 15 heavy (non-hydrogen) atoms. The second-order valence-corrected chi connectivity index (χ2v) is 2.31. The van der Waals surface area contributed by atoms with Crippen molar-refractivity contribution in [3.63, 3.8) is 0 Å². The molecule has 1 aromatic rings. The van der Waals surface area contributed by atoms with Crippen LogP contribution in [0.2, 0.25) is 0 Å². The van der Waals surface area contributed by atoms with Crippen LogP contribution in [-0.2, 0) is 0 Å². The molecule has 4 nitrogen and oxygen atoms in total. The average Bonchev–Trinajstić information content (AvgIpc) is 2.07. The summed E-state index contributed by atoms with van der Waals surface area (Å²) in [4.78, 5) is 0. The molecule has 0 unspecified atom stereocenters. The van der Waals surface area contributed by atoms with E-state index in [0.29, 0.717) is 5.69 Å². The number of hydrogen-bond acceptors (Lipinski definition) is 3. The summed E-state index contributed by atoms with van der Waals surface area (Å²) < 4.78 is 40.2. The fourth-order valence-corrected chi connectivity index (χ4v) is 0.625. The Kier molecular flexibility index (Phi) is 4.38. The van der Waals surface area contributed by atoms with Gasteiger partial charge in [0.25, 0.3) is 5.82 Å². The van der Waals surface area contributed by atoms with Crippen LogP contribution in [0, 0.1) is 11.5 Å². The van der Waals surface area contributed by atoms with E-state index in [1.54, 1.807) is 18.3 Å². The highest BCUT2D eigenvalue weighted by atomic mass is 19.5. The predicted molar refractivity (Wildman–Crippen MR) is 46.7 cm³/mol. The van der Waals surface area contributed by atoms with Crippen LogP contribution in [0.15, 0.2) is 18.3 Å². The number of halogens is 4. The Morgan fingerprint density at radius 1 is 1.27 bits per heavy atom. The van der Waals surface area contributed by atoms with E-state index < -0.39 is 7.25 Å². The first-order valence-corrected chi connectivity index (χ1v) is 3.58. The van der Waals surface area contributed by atoms with Crippen LogP contribution in [0.5, 0.6) is 0 Å². The van der Waals surface area contributed by atoms with Gasteiger partial charge in [-0.05, 0) is 12.1 Å². The van der Waals surface area contributed by atoms with Crippen molar-refractivity contribution < 1.29 is 21.8 Å². The molecule has 0 aromatic carbocycles. The third kappa shape index (κ3) is 6.14. The normalized spacial score (nSPS) is 9.80. The van der Waals surface area contributed by atoms with E-state index in [4.69, 9.17) is 16.7 Å². The fourth-order valence-electron chi connectivity index (χ4n) is 0.625. The third-order valence-corrected chi connectivity index (χ3v) is 1.17. The van der Waals surface area contributed by atoms with Gasteiger partial charge in [-0.2, -0.15) is 0 Å². The number of aromatic nitrogens is 1. The molecule has 82 valence electrons. The Morgan fingerprint density at radius 2 is 1.73 bits per heavy atom. The molecule has 0 saturated heterocycles. The van der Waals surface area contributed by atoms with Crippen LogP contribution in [0.1, 0.15) is 0 Å². The lowest BCUT2D eigenvalue weighted by Crippen LogP contribution is -2.32. The van der Waals surface area contributed by atoms with Crippen molar-refractivity contribution in [3.05, 3.63) is 18.3 Å². The van der Waals surface area contributed by atoms with E-state index in [1.807, 2.05) is 6.19 Å². The van der Waals surface area contributed by atoms with Crippen molar-refractivity contribution in [1.29, 1.82) is 5.26 Å². The largest absolute Gasteiger partial charge is 0.673 e. The van der Waals surface area contributed by atoms with Crippen molar-refractivity contribution in [1.82, 2.24) is 0 Å². The molecular weight excluding hydrogens is 215 g/mol. The zero-order valence-corrected chi connectivity index (χ0v) is 7.37. The van der Waals surface area contributed by atoms with Gasteiger partial charge >= 0.3 is 13.4 Å². The summed E-state index contributed by atoms with van der Waals surface area (Å²) in [5.41, 5.74) is 11.2. The molecule has 0 aliphatic carbocycles. The highest BCUT2D eigenvalue weighted by molar-refractivity contribution is 6.50. The van der Waals surface area contributed by atoms with E-state index in [2.05, 4.69) is 0 Å². The zero-order chi connectivity index (χ0) is 12.1. The first-order valence-electron chi connectivity index (χ1n) is 3.58. The molecule has 0 saturated carbocycles. The average molecular weight is 222 g/mol. The number of hydrogen-bond donors (Lipinski definition) is 2. The van der Waals surface area contributed by atoms with E-state index in [0.717, 1.165) is 0 Å². The van der Waals surface area contributed by atoms with Crippen molar-refractivity contribution in [3.8, 4) is 6.19 Å². The highest BCUT2D eigenvalue weighted by Gasteiger charge is 2.20. The highest BCUT2D eigenvalue weighted by Crippen LogP contribution is 2.06. The standard InChI is InChI=1S/C6H6N4.BF4/c7-4-10-3-1-2-5(8)6(10)9;2-1(3,4)5/h1-3,9H,8H2;/q;-1/p+1. The number of nitriles is 1. The van der Waals surface area contributed by atoms with E-state index in [-0.39, 0.29) is 5.82 Å².